The van der Waals surface area contributed by atoms with Gasteiger partial charge >= 0.3 is 0 Å². The number of nitrogens with zero attached hydrogens (tertiary/aromatic N) is 2. The van der Waals surface area contributed by atoms with Crippen molar-refractivity contribution in [1.29, 1.82) is 0 Å². The molecule has 10 nitrogen and oxygen atoms in total. The number of nitrogens with two attached hydrogens (primary N) is 1. The molecule has 1 saturated heterocycles. The third-order valence-electron chi connectivity index (χ3n) is 8.17. The number of anilines is 3. The molecular formula is C31H40ClN5O5S2. The second-order valence-corrected chi connectivity index (χ2v) is 14.9. The minimum atomic E-state index is -4.06. The number of rotatable bonds is 11. The molecule has 1 aliphatic carbocycles. The summed E-state index contributed by atoms with van der Waals surface area (Å²) < 4.78 is 42.6. The average molecular weight is 662 g/mol. The lowest BCUT2D eigenvalue weighted by Crippen LogP contribution is -2.42. The Balaban J connectivity index is 1.53. The number of carbonyl (C=O) groups is 1. The van der Waals surface area contributed by atoms with Crippen molar-refractivity contribution in [2.75, 3.05) is 21.9 Å². The summed E-state index contributed by atoms with van der Waals surface area (Å²) >= 11 is 7.95. The van der Waals surface area contributed by atoms with Crippen molar-refractivity contribution >= 4 is 56.1 Å². The minimum Gasteiger partial charge on any atom is -0.394 e. The van der Waals surface area contributed by atoms with Gasteiger partial charge in [-0.15, -0.1) is 11.3 Å². The highest BCUT2D eigenvalue weighted by molar-refractivity contribution is 7.92. The van der Waals surface area contributed by atoms with Crippen LogP contribution >= 0.6 is 22.9 Å². The van der Waals surface area contributed by atoms with E-state index >= 15 is 0 Å². The lowest BCUT2D eigenvalue weighted by atomic mass is 10.0. The van der Waals surface area contributed by atoms with E-state index in [1.807, 2.05) is 46.1 Å². The lowest BCUT2D eigenvalue weighted by molar-refractivity contribution is -0.160. The Labute approximate surface area is 268 Å². The summed E-state index contributed by atoms with van der Waals surface area (Å²) in [6.07, 6.45) is 2.01. The molecule has 0 spiro atoms. The highest BCUT2D eigenvalue weighted by atomic mass is 35.5. The zero-order valence-corrected chi connectivity index (χ0v) is 27.9. The third kappa shape index (κ3) is 6.41. The molecule has 238 valence electrons. The number of sulfonamides is 1. The molecule has 4 N–H and O–H groups in total. The Morgan fingerprint density at radius 1 is 1.18 bits per heavy atom. The molecular weight excluding hydrogens is 622 g/mol. The summed E-state index contributed by atoms with van der Waals surface area (Å²) in [6.45, 7) is 9.88. The van der Waals surface area contributed by atoms with Crippen LogP contribution in [0.3, 0.4) is 0 Å². The lowest BCUT2D eigenvalue weighted by Gasteiger charge is -2.34. The largest absolute Gasteiger partial charge is 0.394 e. The number of aryl methyl sites for hydroxylation is 1. The van der Waals surface area contributed by atoms with Crippen LogP contribution in [0, 0.1) is 12.8 Å². The van der Waals surface area contributed by atoms with Crippen LogP contribution in [0.2, 0.25) is 5.02 Å². The van der Waals surface area contributed by atoms with Gasteiger partial charge < -0.3 is 25.8 Å². The molecule has 3 heterocycles. The smallest absolute Gasteiger partial charge is 0.264 e. The molecule has 1 aromatic carbocycles. The fourth-order valence-corrected chi connectivity index (χ4v) is 8.98. The zero-order valence-electron chi connectivity index (χ0n) is 25.5. The Morgan fingerprint density at radius 3 is 2.52 bits per heavy atom. The summed E-state index contributed by atoms with van der Waals surface area (Å²) in [4.78, 5) is 18.5. The van der Waals surface area contributed by atoms with Crippen LogP contribution in [0.4, 0.5) is 17.2 Å². The summed E-state index contributed by atoms with van der Waals surface area (Å²) in [6, 6.07) is 9.37. The minimum absolute atomic E-state index is 0.101. The van der Waals surface area contributed by atoms with E-state index in [9.17, 15) is 13.2 Å². The Hall–Kier alpha value is -2.90. The van der Waals surface area contributed by atoms with E-state index in [1.165, 1.54) is 15.6 Å². The monoisotopic (exact) mass is 661 g/mol. The van der Waals surface area contributed by atoms with Gasteiger partial charge in [0.1, 0.15) is 12.2 Å². The van der Waals surface area contributed by atoms with Gasteiger partial charge in [-0.3, -0.25) is 9.10 Å². The molecule has 2 fully saturated rings. The predicted octanol–water partition coefficient (Wildman–Crippen LogP) is 5.36. The molecule has 0 radical (unpaired) electrons. The molecule has 3 aromatic rings. The van der Waals surface area contributed by atoms with Crippen LogP contribution in [-0.4, -0.2) is 55.9 Å². The molecule has 1 amide bonds. The molecule has 13 heteroatoms. The maximum absolute atomic E-state index is 14.4. The quantitative estimate of drug-likeness (QED) is 0.250. The number of hydrogen-bond acceptors (Lipinski definition) is 9. The third-order valence-corrected chi connectivity index (χ3v) is 11.5. The van der Waals surface area contributed by atoms with E-state index in [2.05, 4.69) is 15.6 Å². The predicted molar refractivity (Wildman–Crippen MR) is 175 cm³/mol. The van der Waals surface area contributed by atoms with E-state index in [4.69, 9.17) is 26.8 Å². The van der Waals surface area contributed by atoms with E-state index < -0.39 is 40.0 Å². The van der Waals surface area contributed by atoms with Gasteiger partial charge in [-0.05, 0) is 70.2 Å². The van der Waals surface area contributed by atoms with Crippen molar-refractivity contribution in [2.24, 2.45) is 5.92 Å². The first-order chi connectivity index (χ1) is 20.9. The summed E-state index contributed by atoms with van der Waals surface area (Å²) in [5, 5.41) is 8.78. The van der Waals surface area contributed by atoms with Gasteiger partial charge in [-0.25, -0.2) is 13.4 Å². The summed E-state index contributed by atoms with van der Waals surface area (Å²) in [5.41, 5.74) is 8.22. The fourth-order valence-electron chi connectivity index (χ4n) is 6.05. The van der Waals surface area contributed by atoms with Crippen LogP contribution < -0.4 is 20.7 Å². The molecule has 2 aliphatic rings. The highest BCUT2D eigenvalue weighted by Crippen LogP contribution is 2.44. The fraction of sp³-hybridized carbons (Fsp3) is 0.484. The maximum atomic E-state index is 14.4. The Morgan fingerprint density at radius 2 is 1.89 bits per heavy atom. The van der Waals surface area contributed by atoms with Gasteiger partial charge in [0.25, 0.3) is 10.0 Å². The number of hydrogen-bond donors (Lipinski definition) is 3. The van der Waals surface area contributed by atoms with Crippen molar-refractivity contribution in [3.05, 3.63) is 63.4 Å². The molecule has 2 aromatic heterocycles. The van der Waals surface area contributed by atoms with Crippen molar-refractivity contribution in [1.82, 2.24) is 10.3 Å². The topological polar surface area (TPSA) is 136 Å². The number of halogens is 1. The van der Waals surface area contributed by atoms with Crippen molar-refractivity contribution in [3.63, 3.8) is 0 Å². The summed E-state index contributed by atoms with van der Waals surface area (Å²) in [5.74, 6) is -1.08. The Bertz CT molecular complexity index is 1600. The van der Waals surface area contributed by atoms with Crippen molar-refractivity contribution in [3.8, 4) is 0 Å². The number of nitrogen functional groups attached to an aromatic ring is 1. The summed E-state index contributed by atoms with van der Waals surface area (Å²) in [7, 11) is -4.06. The molecule has 44 heavy (non-hydrogen) atoms. The highest BCUT2D eigenvalue weighted by Gasteiger charge is 2.56. The van der Waals surface area contributed by atoms with Gasteiger partial charge in [0.2, 0.25) is 5.91 Å². The van der Waals surface area contributed by atoms with Crippen LogP contribution in [0.15, 0.2) is 52.9 Å². The van der Waals surface area contributed by atoms with Gasteiger partial charge in [0, 0.05) is 24.0 Å². The van der Waals surface area contributed by atoms with E-state index in [1.54, 1.807) is 36.5 Å². The van der Waals surface area contributed by atoms with E-state index in [-0.39, 0.29) is 22.5 Å². The van der Waals surface area contributed by atoms with Crippen molar-refractivity contribution < 1.29 is 22.7 Å². The van der Waals surface area contributed by atoms with E-state index in [0.29, 0.717) is 42.3 Å². The molecule has 0 bridgehead atoms. The molecule has 1 aliphatic heterocycles. The molecule has 5 rings (SSSR count). The van der Waals surface area contributed by atoms with Crippen molar-refractivity contribution in [2.45, 2.75) is 88.9 Å². The molecule has 1 saturated carbocycles. The first-order valence-corrected chi connectivity index (χ1v) is 17.5. The number of amides is 1. The second-order valence-electron chi connectivity index (χ2n) is 11.7. The number of fused-ring (bicyclic) bond motifs is 1. The zero-order chi connectivity index (χ0) is 31.8. The number of ether oxygens (including phenoxy) is 2. The Kier molecular flexibility index (Phi) is 9.48. The van der Waals surface area contributed by atoms with Gasteiger partial charge in [0.15, 0.2) is 11.6 Å². The van der Waals surface area contributed by atoms with Crippen LogP contribution in [0.25, 0.3) is 0 Å². The number of aromatic nitrogens is 1. The standard InChI is InChI=1S/C31H40ClN5O5S2/c1-6-19(16-25-22(32)13-15-43-25)37(44(39,40)20-10-8-18(3)9-11-20)24-12-14-35-29(26(24)33)36-23-17-21(30(38)34-7-2)27-28(23)42-31(4,5)41-27/h8-15,19,21,23,27-28H,6-7,16-17,33H2,1-5H3,(H,34,38)(H,35,36)/t19-,21+,23-,27-,28+/m1/s1. The van der Waals surface area contributed by atoms with Crippen LogP contribution in [0.5, 0.6) is 0 Å². The number of thiophene rings is 1. The first kappa shape index (κ1) is 32.5. The number of benzene rings is 1. The van der Waals surface area contributed by atoms with Gasteiger partial charge in [-0.1, -0.05) is 36.2 Å². The average Bonchev–Trinajstić information content (AvgIpc) is 3.62. The number of pyridine rings is 1. The SMILES string of the molecule is CCNC(=O)[C@H]1C[C@@H](Nc2nccc(N([C@H](CC)Cc3sccc3Cl)S(=O)(=O)c3ccc(C)cc3)c2N)[C@@H]2OC(C)(C)O[C@@H]21. The number of carbonyl (C=O) groups excluding carboxylic acids is 1. The van der Waals surface area contributed by atoms with Gasteiger partial charge in [0.05, 0.1) is 39.3 Å². The second kappa shape index (κ2) is 12.8. The normalized spacial score (nSPS) is 23.2. The van der Waals surface area contributed by atoms with Crippen LogP contribution in [-0.2, 0) is 30.7 Å². The first-order valence-electron chi connectivity index (χ1n) is 14.8. The maximum Gasteiger partial charge on any atom is 0.264 e. The van der Waals surface area contributed by atoms with E-state index in [0.717, 1.165) is 10.4 Å². The van der Waals surface area contributed by atoms with Gasteiger partial charge in [-0.2, -0.15) is 0 Å². The van der Waals surface area contributed by atoms with Crippen LogP contribution in [0.1, 0.15) is 51.0 Å². The number of nitrogens with one attached hydrogen (secondary N) is 2. The molecule has 0 unspecified atom stereocenters. The molecule has 5 atom stereocenters.